The Morgan fingerprint density at radius 1 is 1.29 bits per heavy atom. The zero-order valence-electron chi connectivity index (χ0n) is 9.29. The van der Waals surface area contributed by atoms with Gasteiger partial charge in [0.25, 0.3) is 0 Å². The predicted molar refractivity (Wildman–Crippen MR) is 52.8 cm³/mol. The van der Waals surface area contributed by atoms with Crippen LogP contribution in [0.2, 0.25) is 0 Å². The lowest BCUT2D eigenvalue weighted by Crippen LogP contribution is -2.24. The Labute approximate surface area is 85.7 Å². The maximum absolute atomic E-state index is 5.78. The standard InChI is InChI=1S/C11H20O3/c1-4-5-6-8-7-9-10(12-8)14-11(2,3)13-9/h8-10H,4-7H2,1-3H3/t8-,9-,10-/m1/s1. The van der Waals surface area contributed by atoms with Crippen molar-refractivity contribution in [3.8, 4) is 0 Å². The first-order valence-corrected chi connectivity index (χ1v) is 5.62. The molecular formula is C11H20O3. The van der Waals surface area contributed by atoms with Gasteiger partial charge in [-0.15, -0.1) is 0 Å². The number of unbranched alkanes of at least 4 members (excludes halogenated alkanes) is 1. The Hall–Kier alpha value is -0.120. The van der Waals surface area contributed by atoms with Crippen molar-refractivity contribution in [1.82, 2.24) is 0 Å². The van der Waals surface area contributed by atoms with E-state index < -0.39 is 5.79 Å². The molecule has 2 aliphatic heterocycles. The molecule has 0 unspecified atom stereocenters. The molecule has 0 N–H and O–H groups in total. The Balaban J connectivity index is 1.81. The van der Waals surface area contributed by atoms with E-state index >= 15 is 0 Å². The molecule has 3 atom stereocenters. The average molecular weight is 200 g/mol. The van der Waals surface area contributed by atoms with Gasteiger partial charge in [0.1, 0.15) is 6.10 Å². The molecule has 0 amide bonds. The number of hydrogen-bond donors (Lipinski definition) is 0. The van der Waals surface area contributed by atoms with Crippen LogP contribution < -0.4 is 0 Å². The summed E-state index contributed by atoms with van der Waals surface area (Å²) in [5.41, 5.74) is 0. The fraction of sp³-hybridized carbons (Fsp3) is 1.00. The highest BCUT2D eigenvalue weighted by Crippen LogP contribution is 2.38. The van der Waals surface area contributed by atoms with Gasteiger partial charge in [0.15, 0.2) is 12.1 Å². The number of ether oxygens (including phenoxy) is 3. The monoisotopic (exact) mass is 200 g/mol. The molecule has 0 aromatic heterocycles. The highest BCUT2D eigenvalue weighted by atomic mass is 16.8. The van der Waals surface area contributed by atoms with Crippen molar-refractivity contribution in [2.24, 2.45) is 0 Å². The lowest BCUT2D eigenvalue weighted by atomic mass is 10.1. The molecule has 2 aliphatic rings. The van der Waals surface area contributed by atoms with Crippen LogP contribution in [0.3, 0.4) is 0 Å². The largest absolute Gasteiger partial charge is 0.346 e. The Kier molecular flexibility index (Phi) is 2.82. The van der Waals surface area contributed by atoms with Gasteiger partial charge in [-0.1, -0.05) is 19.8 Å². The Morgan fingerprint density at radius 2 is 2.07 bits per heavy atom. The van der Waals surface area contributed by atoms with E-state index in [4.69, 9.17) is 14.2 Å². The summed E-state index contributed by atoms with van der Waals surface area (Å²) >= 11 is 0. The molecule has 0 radical (unpaired) electrons. The molecule has 0 aliphatic carbocycles. The average Bonchev–Trinajstić information content (AvgIpc) is 2.53. The Morgan fingerprint density at radius 3 is 2.71 bits per heavy atom. The molecule has 0 bridgehead atoms. The summed E-state index contributed by atoms with van der Waals surface area (Å²) in [5, 5.41) is 0. The highest BCUT2D eigenvalue weighted by Gasteiger charge is 2.48. The van der Waals surface area contributed by atoms with Gasteiger partial charge >= 0.3 is 0 Å². The summed E-state index contributed by atoms with van der Waals surface area (Å²) in [5.74, 6) is -0.453. The van der Waals surface area contributed by atoms with Gasteiger partial charge in [0, 0.05) is 6.42 Å². The maximum atomic E-state index is 5.78. The van der Waals surface area contributed by atoms with E-state index in [1.807, 2.05) is 13.8 Å². The van der Waals surface area contributed by atoms with Crippen molar-refractivity contribution < 1.29 is 14.2 Å². The molecule has 3 nitrogen and oxygen atoms in total. The normalized spacial score (nSPS) is 40.1. The number of fused-ring (bicyclic) bond motifs is 1. The van der Waals surface area contributed by atoms with E-state index in [-0.39, 0.29) is 12.4 Å². The van der Waals surface area contributed by atoms with Gasteiger partial charge in [-0.2, -0.15) is 0 Å². The lowest BCUT2D eigenvalue weighted by molar-refractivity contribution is -0.205. The SMILES string of the molecule is CCCC[C@@H]1C[C@H]2OC(C)(C)O[C@H]2O1. The van der Waals surface area contributed by atoms with E-state index in [0.29, 0.717) is 6.10 Å². The van der Waals surface area contributed by atoms with Crippen molar-refractivity contribution in [2.75, 3.05) is 0 Å². The van der Waals surface area contributed by atoms with Crippen molar-refractivity contribution in [3.05, 3.63) is 0 Å². The molecular weight excluding hydrogens is 180 g/mol. The van der Waals surface area contributed by atoms with Crippen molar-refractivity contribution >= 4 is 0 Å². The van der Waals surface area contributed by atoms with E-state index in [2.05, 4.69) is 6.92 Å². The zero-order valence-corrected chi connectivity index (χ0v) is 9.29. The van der Waals surface area contributed by atoms with Crippen LogP contribution >= 0.6 is 0 Å². The summed E-state index contributed by atoms with van der Waals surface area (Å²) in [7, 11) is 0. The second kappa shape index (κ2) is 3.80. The third-order valence-electron chi connectivity index (χ3n) is 2.84. The van der Waals surface area contributed by atoms with Crippen LogP contribution in [0, 0.1) is 0 Å². The van der Waals surface area contributed by atoms with Crippen LogP contribution in [0.5, 0.6) is 0 Å². The van der Waals surface area contributed by atoms with Crippen LogP contribution in [0.15, 0.2) is 0 Å². The van der Waals surface area contributed by atoms with Gasteiger partial charge in [-0.3, -0.25) is 0 Å². The first-order chi connectivity index (χ1) is 6.61. The molecule has 0 aromatic rings. The third-order valence-corrected chi connectivity index (χ3v) is 2.84. The summed E-state index contributed by atoms with van der Waals surface area (Å²) < 4.78 is 17.1. The molecule has 2 fully saturated rings. The summed E-state index contributed by atoms with van der Waals surface area (Å²) in [6.45, 7) is 6.08. The second-order valence-corrected chi connectivity index (χ2v) is 4.68. The Bertz CT molecular complexity index is 187. The third kappa shape index (κ3) is 2.10. The van der Waals surface area contributed by atoms with Crippen molar-refractivity contribution in [2.45, 2.75) is 70.7 Å². The summed E-state index contributed by atoms with van der Waals surface area (Å²) in [6, 6.07) is 0. The molecule has 0 saturated carbocycles. The maximum Gasteiger partial charge on any atom is 0.187 e. The quantitative estimate of drug-likeness (QED) is 0.700. The predicted octanol–water partition coefficient (Wildman–Crippen LogP) is 2.44. The highest BCUT2D eigenvalue weighted by molar-refractivity contribution is 4.84. The molecule has 14 heavy (non-hydrogen) atoms. The van der Waals surface area contributed by atoms with E-state index in [9.17, 15) is 0 Å². The fourth-order valence-corrected chi connectivity index (χ4v) is 2.20. The summed E-state index contributed by atoms with van der Waals surface area (Å²) in [6.07, 6.45) is 4.97. The second-order valence-electron chi connectivity index (χ2n) is 4.68. The first kappa shape index (κ1) is 10.4. The van der Waals surface area contributed by atoms with Gasteiger partial charge in [0.05, 0.1) is 6.10 Å². The lowest BCUT2D eigenvalue weighted by Gasteiger charge is -2.20. The molecule has 82 valence electrons. The van der Waals surface area contributed by atoms with E-state index in [1.165, 1.54) is 12.8 Å². The molecule has 2 rings (SSSR count). The number of rotatable bonds is 3. The summed E-state index contributed by atoms with van der Waals surface area (Å²) in [4.78, 5) is 0. The van der Waals surface area contributed by atoms with E-state index in [0.717, 1.165) is 12.8 Å². The van der Waals surface area contributed by atoms with Crippen molar-refractivity contribution in [1.29, 1.82) is 0 Å². The van der Waals surface area contributed by atoms with Gasteiger partial charge in [-0.25, -0.2) is 0 Å². The smallest absolute Gasteiger partial charge is 0.187 e. The number of hydrogen-bond acceptors (Lipinski definition) is 3. The minimum Gasteiger partial charge on any atom is -0.346 e. The van der Waals surface area contributed by atoms with Gasteiger partial charge in [0.2, 0.25) is 0 Å². The molecule has 2 heterocycles. The van der Waals surface area contributed by atoms with Gasteiger partial charge in [-0.05, 0) is 20.3 Å². The van der Waals surface area contributed by atoms with E-state index in [1.54, 1.807) is 0 Å². The van der Waals surface area contributed by atoms with Crippen LogP contribution in [-0.4, -0.2) is 24.3 Å². The van der Waals surface area contributed by atoms with Crippen LogP contribution in [0.25, 0.3) is 0 Å². The minimum atomic E-state index is -0.453. The van der Waals surface area contributed by atoms with Crippen molar-refractivity contribution in [3.63, 3.8) is 0 Å². The minimum absolute atomic E-state index is 0.119. The molecule has 2 saturated heterocycles. The first-order valence-electron chi connectivity index (χ1n) is 5.62. The van der Waals surface area contributed by atoms with Crippen LogP contribution in [0.1, 0.15) is 46.5 Å². The topological polar surface area (TPSA) is 27.7 Å². The molecule has 0 aromatic carbocycles. The van der Waals surface area contributed by atoms with Gasteiger partial charge < -0.3 is 14.2 Å². The fourth-order valence-electron chi connectivity index (χ4n) is 2.20. The zero-order chi connectivity index (χ0) is 10.2. The molecule has 3 heteroatoms. The van der Waals surface area contributed by atoms with Crippen LogP contribution in [-0.2, 0) is 14.2 Å². The van der Waals surface area contributed by atoms with Crippen LogP contribution in [0.4, 0.5) is 0 Å². The molecule has 0 spiro atoms.